The van der Waals surface area contributed by atoms with E-state index in [0.717, 1.165) is 11.1 Å². The van der Waals surface area contributed by atoms with E-state index < -0.39 is 0 Å². The van der Waals surface area contributed by atoms with Crippen molar-refractivity contribution >= 4 is 17.7 Å². The number of nitrogens with one attached hydrogen (secondary N) is 1. The van der Waals surface area contributed by atoms with Gasteiger partial charge in [-0.3, -0.25) is 9.36 Å². The van der Waals surface area contributed by atoms with E-state index in [2.05, 4.69) is 15.5 Å². The maximum absolute atomic E-state index is 14.8. The molecule has 5 aromatic rings. The number of furan rings is 1. The lowest BCUT2D eigenvalue weighted by atomic mass is 10.1. The lowest BCUT2D eigenvalue weighted by Crippen LogP contribution is -2.22. The van der Waals surface area contributed by atoms with Crippen molar-refractivity contribution in [3.63, 3.8) is 0 Å². The SMILES string of the molecule is O=C(NCc1ccco1)c1ccc(CSc2nnc(Cc3ccccc3)n2-c2ccccc2F)cc1. The van der Waals surface area contributed by atoms with Crippen LogP contribution in [-0.4, -0.2) is 20.7 Å². The van der Waals surface area contributed by atoms with E-state index in [1.807, 2.05) is 48.5 Å². The fourth-order valence-corrected chi connectivity index (χ4v) is 4.66. The first-order chi connectivity index (χ1) is 17.7. The number of para-hydroxylation sites is 1. The summed E-state index contributed by atoms with van der Waals surface area (Å²) in [6.45, 7) is 0.334. The summed E-state index contributed by atoms with van der Waals surface area (Å²) in [6, 6.07) is 27.5. The summed E-state index contributed by atoms with van der Waals surface area (Å²) in [7, 11) is 0. The molecular formula is C28H23FN4O2S. The molecule has 8 heteroatoms. The molecule has 0 radical (unpaired) electrons. The smallest absolute Gasteiger partial charge is 0.251 e. The molecular weight excluding hydrogens is 475 g/mol. The summed E-state index contributed by atoms with van der Waals surface area (Å²) in [6.07, 6.45) is 2.11. The second-order valence-corrected chi connectivity index (χ2v) is 9.04. The van der Waals surface area contributed by atoms with Gasteiger partial charge in [0, 0.05) is 17.7 Å². The summed E-state index contributed by atoms with van der Waals surface area (Å²) in [5.41, 5.74) is 3.06. The molecule has 0 saturated heterocycles. The first-order valence-corrected chi connectivity index (χ1v) is 12.4. The van der Waals surface area contributed by atoms with Crippen LogP contribution in [0.3, 0.4) is 0 Å². The molecule has 0 fully saturated rings. The van der Waals surface area contributed by atoms with Crippen LogP contribution in [0.2, 0.25) is 0 Å². The normalized spacial score (nSPS) is 10.9. The predicted octanol–water partition coefficient (Wildman–Crippen LogP) is 5.81. The van der Waals surface area contributed by atoms with Gasteiger partial charge in [0.1, 0.15) is 17.4 Å². The Morgan fingerprint density at radius 1 is 0.889 bits per heavy atom. The van der Waals surface area contributed by atoms with E-state index in [1.165, 1.54) is 17.8 Å². The number of rotatable bonds is 9. The van der Waals surface area contributed by atoms with Gasteiger partial charge in [0.2, 0.25) is 0 Å². The zero-order valence-electron chi connectivity index (χ0n) is 19.3. The second-order valence-electron chi connectivity index (χ2n) is 8.10. The Labute approximate surface area is 212 Å². The van der Waals surface area contributed by atoms with Gasteiger partial charge in [0.05, 0.1) is 18.5 Å². The maximum atomic E-state index is 14.8. The molecule has 1 amide bonds. The van der Waals surface area contributed by atoms with Crippen molar-refractivity contribution in [1.82, 2.24) is 20.1 Å². The summed E-state index contributed by atoms with van der Waals surface area (Å²) in [5.74, 6) is 1.44. The van der Waals surface area contributed by atoms with Gasteiger partial charge < -0.3 is 9.73 Å². The standard InChI is InChI=1S/C28H23FN4O2S/c29-24-10-4-5-11-25(24)33-26(17-20-7-2-1-3-8-20)31-32-28(33)36-19-21-12-14-22(15-13-21)27(34)30-18-23-9-6-16-35-23/h1-16H,17-19H2,(H,30,34). The Bertz CT molecular complexity index is 1430. The number of amides is 1. The van der Waals surface area contributed by atoms with Crippen LogP contribution < -0.4 is 5.32 Å². The van der Waals surface area contributed by atoms with E-state index in [-0.39, 0.29) is 11.7 Å². The minimum Gasteiger partial charge on any atom is -0.467 e. The number of nitrogens with zero attached hydrogens (tertiary/aromatic N) is 3. The number of carbonyl (C=O) groups is 1. The molecule has 3 aromatic carbocycles. The Hall–Kier alpha value is -4.17. The summed E-state index contributed by atoms with van der Waals surface area (Å²) < 4.78 is 21.8. The highest BCUT2D eigenvalue weighted by molar-refractivity contribution is 7.98. The van der Waals surface area contributed by atoms with E-state index in [0.29, 0.717) is 46.7 Å². The van der Waals surface area contributed by atoms with Gasteiger partial charge in [-0.2, -0.15) is 0 Å². The lowest BCUT2D eigenvalue weighted by Gasteiger charge is -2.11. The largest absolute Gasteiger partial charge is 0.467 e. The number of benzene rings is 3. The number of aromatic nitrogens is 3. The third-order valence-corrected chi connectivity index (χ3v) is 6.59. The van der Waals surface area contributed by atoms with Crippen molar-refractivity contribution < 1.29 is 13.6 Å². The third kappa shape index (κ3) is 5.55. The molecule has 6 nitrogen and oxygen atoms in total. The van der Waals surface area contributed by atoms with Gasteiger partial charge in [0.15, 0.2) is 5.16 Å². The summed E-state index contributed by atoms with van der Waals surface area (Å²) in [4.78, 5) is 12.4. The number of hydrogen-bond acceptors (Lipinski definition) is 5. The highest BCUT2D eigenvalue weighted by Crippen LogP contribution is 2.27. The molecule has 0 unspecified atom stereocenters. The Kier molecular flexibility index (Phi) is 7.23. The Morgan fingerprint density at radius 3 is 2.42 bits per heavy atom. The number of hydrogen-bond donors (Lipinski definition) is 1. The fourth-order valence-electron chi connectivity index (χ4n) is 3.74. The maximum Gasteiger partial charge on any atom is 0.251 e. The van der Waals surface area contributed by atoms with Crippen LogP contribution in [-0.2, 0) is 18.7 Å². The molecule has 0 atom stereocenters. The van der Waals surface area contributed by atoms with E-state index in [4.69, 9.17) is 4.42 Å². The van der Waals surface area contributed by atoms with Crippen molar-refractivity contribution in [3.8, 4) is 5.69 Å². The van der Waals surface area contributed by atoms with Crippen molar-refractivity contribution in [2.45, 2.75) is 23.9 Å². The van der Waals surface area contributed by atoms with Gasteiger partial charge in [0.25, 0.3) is 5.91 Å². The molecule has 0 bridgehead atoms. The van der Waals surface area contributed by atoms with Crippen LogP contribution in [0.5, 0.6) is 0 Å². The van der Waals surface area contributed by atoms with Crippen molar-refractivity contribution in [2.75, 3.05) is 0 Å². The lowest BCUT2D eigenvalue weighted by molar-refractivity contribution is 0.0948. The highest BCUT2D eigenvalue weighted by atomic mass is 32.2. The molecule has 0 aliphatic heterocycles. The third-order valence-electron chi connectivity index (χ3n) is 5.59. The van der Waals surface area contributed by atoms with Crippen molar-refractivity contribution in [2.24, 2.45) is 0 Å². The van der Waals surface area contributed by atoms with Crippen molar-refractivity contribution in [3.05, 3.63) is 131 Å². The van der Waals surface area contributed by atoms with Gasteiger partial charge in [-0.25, -0.2) is 4.39 Å². The van der Waals surface area contributed by atoms with Crippen molar-refractivity contribution in [1.29, 1.82) is 0 Å². The van der Waals surface area contributed by atoms with Crippen LogP contribution >= 0.6 is 11.8 Å². The molecule has 1 N–H and O–H groups in total. The molecule has 2 aromatic heterocycles. The van der Waals surface area contributed by atoms with Crippen LogP contribution in [0.15, 0.2) is 107 Å². The van der Waals surface area contributed by atoms with Crippen LogP contribution in [0.25, 0.3) is 5.69 Å². The molecule has 0 saturated carbocycles. The fraction of sp³-hybridized carbons (Fsp3) is 0.107. The number of halogens is 1. The minimum atomic E-state index is -0.335. The number of thioether (sulfide) groups is 1. The number of carbonyl (C=O) groups excluding carboxylic acids is 1. The Balaban J connectivity index is 1.30. The molecule has 180 valence electrons. The van der Waals surface area contributed by atoms with Gasteiger partial charge in [-0.15, -0.1) is 10.2 Å². The first kappa shape index (κ1) is 23.6. The predicted molar refractivity (Wildman–Crippen MR) is 136 cm³/mol. The van der Waals surface area contributed by atoms with E-state index in [9.17, 15) is 9.18 Å². The molecule has 2 heterocycles. The monoisotopic (exact) mass is 498 g/mol. The highest BCUT2D eigenvalue weighted by Gasteiger charge is 2.18. The minimum absolute atomic E-state index is 0.171. The van der Waals surface area contributed by atoms with Crippen LogP contribution in [0, 0.1) is 5.82 Å². The Morgan fingerprint density at radius 2 is 1.67 bits per heavy atom. The van der Waals surface area contributed by atoms with E-state index >= 15 is 0 Å². The van der Waals surface area contributed by atoms with Crippen LogP contribution in [0.4, 0.5) is 4.39 Å². The van der Waals surface area contributed by atoms with Crippen LogP contribution in [0.1, 0.15) is 33.1 Å². The van der Waals surface area contributed by atoms with E-state index in [1.54, 1.807) is 47.2 Å². The average molecular weight is 499 g/mol. The van der Waals surface area contributed by atoms with Gasteiger partial charge >= 0.3 is 0 Å². The average Bonchev–Trinajstić information content (AvgIpc) is 3.57. The quantitative estimate of drug-likeness (QED) is 0.260. The zero-order valence-corrected chi connectivity index (χ0v) is 20.1. The molecule has 5 rings (SSSR count). The first-order valence-electron chi connectivity index (χ1n) is 11.4. The topological polar surface area (TPSA) is 73.0 Å². The summed E-state index contributed by atoms with van der Waals surface area (Å²) >= 11 is 1.47. The molecule has 0 spiro atoms. The second kappa shape index (κ2) is 11.0. The van der Waals surface area contributed by atoms with Gasteiger partial charge in [-0.05, 0) is 47.5 Å². The zero-order chi connectivity index (χ0) is 24.7. The molecule has 36 heavy (non-hydrogen) atoms. The van der Waals surface area contributed by atoms with Gasteiger partial charge in [-0.1, -0.05) is 66.4 Å². The molecule has 0 aliphatic rings. The summed E-state index contributed by atoms with van der Waals surface area (Å²) in [5, 5.41) is 12.2. The molecule has 0 aliphatic carbocycles.